The molecule has 6 nitrogen and oxygen atoms in total. The molecule has 0 saturated carbocycles. The summed E-state index contributed by atoms with van der Waals surface area (Å²) in [4.78, 5) is 27.1. The number of thiazole rings is 1. The van der Waals surface area contributed by atoms with Crippen molar-refractivity contribution in [2.24, 2.45) is 0 Å². The number of carbonyl (C=O) groups excluding carboxylic acids is 2. The molecule has 8 heteroatoms. The van der Waals surface area contributed by atoms with E-state index < -0.39 is 5.91 Å². The van der Waals surface area contributed by atoms with Crippen LogP contribution in [0.25, 0.3) is 0 Å². The Morgan fingerprint density at radius 3 is 2.95 bits per heavy atom. The van der Waals surface area contributed by atoms with Gasteiger partial charge in [-0.3, -0.25) is 14.9 Å². The highest BCUT2D eigenvalue weighted by atomic mass is 35.5. The van der Waals surface area contributed by atoms with E-state index in [2.05, 4.69) is 15.0 Å². The summed E-state index contributed by atoms with van der Waals surface area (Å²) in [5.74, 6) is -0.520. The largest absolute Gasteiger partial charge is 0.469 e. The third-order valence-corrected chi connectivity index (χ3v) is 3.62. The van der Waals surface area contributed by atoms with Gasteiger partial charge in [-0.2, -0.15) is 0 Å². The van der Waals surface area contributed by atoms with Crippen molar-refractivity contribution in [3.05, 3.63) is 34.2 Å². The molecule has 2 rings (SSSR count). The number of halogens is 1. The molecule has 0 radical (unpaired) electrons. The predicted octanol–water partition coefficient (Wildman–Crippen LogP) is 3.14. The average molecular weight is 329 g/mol. The van der Waals surface area contributed by atoms with Crippen LogP contribution in [0.4, 0.5) is 5.13 Å². The Labute approximate surface area is 130 Å². The maximum atomic E-state index is 11.8. The highest BCUT2D eigenvalue weighted by Gasteiger charge is 2.13. The molecule has 2 heterocycles. The molecular formula is C13H13ClN2O4S. The molecule has 0 aromatic carbocycles. The second kappa shape index (κ2) is 7.24. The van der Waals surface area contributed by atoms with Crippen LogP contribution in [0.5, 0.6) is 0 Å². The van der Waals surface area contributed by atoms with Gasteiger partial charge in [-0.1, -0.05) is 0 Å². The van der Waals surface area contributed by atoms with Gasteiger partial charge in [0.05, 0.1) is 12.8 Å². The lowest BCUT2D eigenvalue weighted by Gasteiger charge is -1.98. The zero-order chi connectivity index (χ0) is 15.2. The molecule has 0 fully saturated rings. The Hall–Kier alpha value is -1.86. The Morgan fingerprint density at radius 1 is 1.48 bits per heavy atom. The van der Waals surface area contributed by atoms with Gasteiger partial charge in [0.1, 0.15) is 0 Å². The second-order valence-corrected chi connectivity index (χ2v) is 5.36. The first-order chi connectivity index (χ1) is 10.1. The van der Waals surface area contributed by atoms with E-state index >= 15 is 0 Å². The zero-order valence-electron chi connectivity index (χ0n) is 11.2. The first-order valence-corrected chi connectivity index (χ1v) is 7.42. The quantitative estimate of drug-likeness (QED) is 0.824. The number of rotatable bonds is 6. The number of amides is 1. The lowest BCUT2D eigenvalue weighted by molar-refractivity contribution is -0.140. The fourth-order valence-electron chi connectivity index (χ4n) is 1.59. The molecule has 0 aliphatic carbocycles. The van der Waals surface area contributed by atoms with E-state index in [-0.39, 0.29) is 16.9 Å². The van der Waals surface area contributed by atoms with Gasteiger partial charge < -0.3 is 9.15 Å². The van der Waals surface area contributed by atoms with Crippen LogP contribution in [0.15, 0.2) is 21.9 Å². The van der Waals surface area contributed by atoms with Crippen molar-refractivity contribution in [2.45, 2.75) is 19.3 Å². The van der Waals surface area contributed by atoms with Gasteiger partial charge in [-0.05, 0) is 36.6 Å². The lowest BCUT2D eigenvalue weighted by Crippen LogP contribution is -2.10. The molecule has 0 unspecified atom stereocenters. The average Bonchev–Trinajstić information content (AvgIpc) is 3.08. The molecular weight excluding hydrogens is 316 g/mol. The number of esters is 1. The van der Waals surface area contributed by atoms with Gasteiger partial charge in [0, 0.05) is 11.8 Å². The van der Waals surface area contributed by atoms with Gasteiger partial charge >= 0.3 is 5.97 Å². The summed E-state index contributed by atoms with van der Waals surface area (Å²) < 4.78 is 9.57. The minimum absolute atomic E-state index is 0.127. The molecule has 112 valence electrons. The van der Waals surface area contributed by atoms with Crippen LogP contribution >= 0.6 is 22.9 Å². The minimum Gasteiger partial charge on any atom is -0.469 e. The van der Waals surface area contributed by atoms with Crippen molar-refractivity contribution in [2.75, 3.05) is 12.4 Å². The predicted molar refractivity (Wildman–Crippen MR) is 78.7 cm³/mol. The molecule has 0 aliphatic rings. The van der Waals surface area contributed by atoms with Crippen LogP contribution in [-0.2, 0) is 16.0 Å². The molecule has 21 heavy (non-hydrogen) atoms. The minimum atomic E-state index is -0.405. The smallest absolute Gasteiger partial charge is 0.305 e. The summed E-state index contributed by atoms with van der Waals surface area (Å²) in [5, 5.41) is 5.09. The summed E-state index contributed by atoms with van der Waals surface area (Å²) >= 11 is 6.92. The number of hydrogen-bond acceptors (Lipinski definition) is 6. The summed E-state index contributed by atoms with van der Waals surface area (Å²) in [6, 6.07) is 2.99. The molecule has 0 spiro atoms. The molecule has 0 saturated heterocycles. The van der Waals surface area contributed by atoms with E-state index in [9.17, 15) is 9.59 Å². The molecule has 2 aromatic rings. The number of aromatic nitrogens is 1. The van der Waals surface area contributed by atoms with Crippen molar-refractivity contribution in [1.29, 1.82) is 0 Å². The zero-order valence-corrected chi connectivity index (χ0v) is 12.8. The van der Waals surface area contributed by atoms with E-state index in [1.165, 1.54) is 30.6 Å². The van der Waals surface area contributed by atoms with Gasteiger partial charge in [0.25, 0.3) is 5.91 Å². The monoisotopic (exact) mass is 328 g/mol. The Kier molecular flexibility index (Phi) is 5.35. The number of carbonyl (C=O) groups is 2. The van der Waals surface area contributed by atoms with Crippen molar-refractivity contribution in [3.63, 3.8) is 0 Å². The van der Waals surface area contributed by atoms with Gasteiger partial charge in [-0.15, -0.1) is 11.3 Å². The van der Waals surface area contributed by atoms with Crippen LogP contribution in [-0.4, -0.2) is 24.0 Å². The second-order valence-electron chi connectivity index (χ2n) is 4.13. The summed E-state index contributed by atoms with van der Waals surface area (Å²) in [6.07, 6.45) is 1.65. The van der Waals surface area contributed by atoms with Gasteiger partial charge in [-0.25, -0.2) is 4.98 Å². The van der Waals surface area contributed by atoms with E-state index in [1.807, 2.05) is 5.38 Å². The molecule has 2 aromatic heterocycles. The highest BCUT2D eigenvalue weighted by Crippen LogP contribution is 2.19. The van der Waals surface area contributed by atoms with E-state index in [1.54, 1.807) is 0 Å². The Bertz CT molecular complexity index is 638. The Balaban J connectivity index is 1.85. The number of furan rings is 1. The SMILES string of the molecule is COC(=O)CCCc1csc(NC(=O)c2ccc(Cl)o2)n1. The van der Waals surface area contributed by atoms with Crippen molar-refractivity contribution in [3.8, 4) is 0 Å². The summed E-state index contributed by atoms with van der Waals surface area (Å²) in [7, 11) is 1.36. The first-order valence-electron chi connectivity index (χ1n) is 6.16. The molecule has 1 N–H and O–H groups in total. The maximum Gasteiger partial charge on any atom is 0.305 e. The maximum absolute atomic E-state index is 11.8. The van der Waals surface area contributed by atoms with Crippen LogP contribution in [0.3, 0.4) is 0 Å². The molecule has 0 atom stereocenters. The number of nitrogens with one attached hydrogen (secondary N) is 1. The number of ether oxygens (including phenoxy) is 1. The van der Waals surface area contributed by atoms with Gasteiger partial charge in [0.2, 0.25) is 0 Å². The van der Waals surface area contributed by atoms with E-state index in [0.717, 1.165) is 5.69 Å². The van der Waals surface area contributed by atoms with Crippen LogP contribution in [0, 0.1) is 0 Å². The summed E-state index contributed by atoms with van der Waals surface area (Å²) in [5.41, 5.74) is 0.816. The normalized spacial score (nSPS) is 10.4. The van der Waals surface area contributed by atoms with Crippen molar-refractivity contribution >= 4 is 39.9 Å². The number of anilines is 1. The van der Waals surface area contributed by atoms with Crippen molar-refractivity contribution < 1.29 is 18.7 Å². The van der Waals surface area contributed by atoms with E-state index in [0.29, 0.717) is 24.4 Å². The number of hydrogen-bond donors (Lipinski definition) is 1. The number of nitrogens with zero attached hydrogens (tertiary/aromatic N) is 1. The van der Waals surface area contributed by atoms with Crippen LogP contribution in [0.2, 0.25) is 5.22 Å². The third kappa shape index (κ3) is 4.57. The van der Waals surface area contributed by atoms with Crippen LogP contribution in [0.1, 0.15) is 29.1 Å². The fraction of sp³-hybridized carbons (Fsp3) is 0.308. The summed E-state index contributed by atoms with van der Waals surface area (Å²) in [6.45, 7) is 0. The number of methoxy groups -OCH3 is 1. The highest BCUT2D eigenvalue weighted by molar-refractivity contribution is 7.13. The standard InChI is InChI=1S/C13H13ClN2O4S/c1-19-11(17)4-2-3-8-7-21-13(15-8)16-12(18)9-5-6-10(14)20-9/h5-7H,2-4H2,1H3,(H,15,16,18). The number of aryl methyl sites for hydroxylation is 1. The Morgan fingerprint density at radius 2 is 2.29 bits per heavy atom. The lowest BCUT2D eigenvalue weighted by atomic mass is 10.2. The first kappa shape index (κ1) is 15.5. The fourth-order valence-corrected chi connectivity index (χ4v) is 2.48. The van der Waals surface area contributed by atoms with Crippen molar-refractivity contribution in [1.82, 2.24) is 4.98 Å². The molecule has 0 aliphatic heterocycles. The topological polar surface area (TPSA) is 81.4 Å². The van der Waals surface area contributed by atoms with Gasteiger partial charge in [0.15, 0.2) is 16.1 Å². The molecule has 1 amide bonds. The molecule has 0 bridgehead atoms. The van der Waals surface area contributed by atoms with Crippen LogP contribution < -0.4 is 5.32 Å². The van der Waals surface area contributed by atoms with E-state index in [4.69, 9.17) is 16.0 Å². The third-order valence-electron chi connectivity index (χ3n) is 2.61.